The standard InChI is InChI=1S/C31H28F3NO2.C15H22O4/c1-2-3-4-5-7-10-25-15-13-23(21-22-36)14-20-29(25)35-30(37)28-12-9-6-8-11-27(28)24-16-18-26(19-17-24)31(32,33)34;1-4-18-12-15(11-17-3,14(16)19-5-2)13-9-7-6-8-10-13/h2-9,12-14,16-20,22H,1,10-11,15,21H2,(H,35,37);6-10H,4-5,11-12H2,1-3H3/b4-3-,7-5-;. The summed E-state index contributed by atoms with van der Waals surface area (Å²) in [5.74, 6) is -0.669. The number of alkyl halides is 3. The van der Waals surface area contributed by atoms with Crippen molar-refractivity contribution in [3.05, 3.63) is 173 Å². The maximum absolute atomic E-state index is 13.5. The summed E-state index contributed by atoms with van der Waals surface area (Å²) in [5.41, 5.74) is 3.21. The number of esters is 1. The fraction of sp³-hybridized carbons (Fsp3) is 0.283. The molecule has 2 aliphatic rings. The topological polar surface area (TPSA) is 90.9 Å². The van der Waals surface area contributed by atoms with Gasteiger partial charge in [0.25, 0.3) is 5.91 Å². The Bertz CT molecular complexity index is 1880. The summed E-state index contributed by atoms with van der Waals surface area (Å²) in [4.78, 5) is 36.9. The summed E-state index contributed by atoms with van der Waals surface area (Å²) in [6, 6.07) is 14.3. The van der Waals surface area contributed by atoms with E-state index in [-0.39, 0.29) is 31.5 Å². The molecule has 2 aromatic carbocycles. The maximum Gasteiger partial charge on any atom is 0.416 e. The largest absolute Gasteiger partial charge is 0.465 e. The Kier molecular flexibility index (Phi) is 18.7. The molecule has 2 aromatic rings. The molecule has 1 N–H and O–H groups in total. The molecule has 1 atom stereocenters. The van der Waals surface area contributed by atoms with Crippen LogP contribution in [0.4, 0.5) is 13.2 Å². The van der Waals surface area contributed by atoms with Crippen LogP contribution < -0.4 is 5.32 Å². The van der Waals surface area contributed by atoms with E-state index in [0.717, 1.165) is 35.1 Å². The van der Waals surface area contributed by atoms with E-state index in [1.807, 2.05) is 79.8 Å². The van der Waals surface area contributed by atoms with E-state index in [1.54, 1.807) is 44.4 Å². The first-order chi connectivity index (χ1) is 27.0. The molecule has 4 rings (SSSR count). The molecule has 1 unspecified atom stereocenters. The predicted octanol–water partition coefficient (Wildman–Crippen LogP) is 9.68. The zero-order valence-corrected chi connectivity index (χ0v) is 32.1. The Balaban J connectivity index is 0.000000372. The van der Waals surface area contributed by atoms with Gasteiger partial charge in [-0.05, 0) is 85.2 Å². The van der Waals surface area contributed by atoms with Crippen molar-refractivity contribution in [3.8, 4) is 0 Å². The number of halogens is 3. The van der Waals surface area contributed by atoms with E-state index < -0.39 is 17.2 Å². The van der Waals surface area contributed by atoms with E-state index in [9.17, 15) is 27.6 Å². The van der Waals surface area contributed by atoms with Gasteiger partial charge >= 0.3 is 12.1 Å². The maximum atomic E-state index is 13.5. The number of amides is 1. The third-order valence-electron chi connectivity index (χ3n) is 8.78. The van der Waals surface area contributed by atoms with Gasteiger partial charge in [-0.25, -0.2) is 0 Å². The highest BCUT2D eigenvalue weighted by Gasteiger charge is 2.42. The molecule has 0 fully saturated rings. The molecule has 7 nitrogen and oxygen atoms in total. The monoisotopic (exact) mass is 769 g/mol. The van der Waals surface area contributed by atoms with Gasteiger partial charge < -0.3 is 24.3 Å². The molecule has 0 radical (unpaired) electrons. The number of rotatable bonds is 17. The molecular weight excluding hydrogens is 720 g/mol. The third kappa shape index (κ3) is 13.3. The van der Waals surface area contributed by atoms with Crippen molar-refractivity contribution in [2.75, 3.05) is 33.5 Å². The van der Waals surface area contributed by atoms with Crippen molar-refractivity contribution in [1.82, 2.24) is 5.32 Å². The quantitative estimate of drug-likeness (QED) is 0.0980. The second-order valence-corrected chi connectivity index (χ2v) is 12.6. The van der Waals surface area contributed by atoms with E-state index in [4.69, 9.17) is 14.2 Å². The molecule has 56 heavy (non-hydrogen) atoms. The summed E-state index contributed by atoms with van der Waals surface area (Å²) in [6.45, 7) is 8.69. The molecule has 1 amide bonds. The third-order valence-corrected chi connectivity index (χ3v) is 8.78. The van der Waals surface area contributed by atoms with E-state index in [2.05, 4.69) is 11.9 Å². The fourth-order valence-corrected chi connectivity index (χ4v) is 5.90. The molecule has 0 aromatic heterocycles. The van der Waals surface area contributed by atoms with Crippen molar-refractivity contribution < 1.29 is 41.8 Å². The molecule has 0 spiro atoms. The smallest absolute Gasteiger partial charge is 0.416 e. The Morgan fingerprint density at radius 2 is 1.61 bits per heavy atom. The molecule has 296 valence electrons. The van der Waals surface area contributed by atoms with Crippen molar-refractivity contribution >= 4 is 23.7 Å². The number of hydrogen-bond donors (Lipinski definition) is 1. The van der Waals surface area contributed by atoms with Crippen LogP contribution in [-0.2, 0) is 40.2 Å². The fourth-order valence-electron chi connectivity index (χ4n) is 5.90. The number of allylic oxidation sites excluding steroid dienone is 14. The van der Waals surface area contributed by atoms with Crippen LogP contribution in [0, 0.1) is 0 Å². The minimum absolute atomic E-state index is 0.232. The Morgan fingerprint density at radius 3 is 2.25 bits per heavy atom. The molecule has 0 saturated carbocycles. The van der Waals surface area contributed by atoms with Gasteiger partial charge in [-0.3, -0.25) is 9.59 Å². The Labute approximate surface area is 328 Å². The van der Waals surface area contributed by atoms with Crippen molar-refractivity contribution in [2.45, 2.75) is 51.1 Å². The average Bonchev–Trinajstić information content (AvgIpc) is 3.56. The minimum atomic E-state index is -4.43. The summed E-state index contributed by atoms with van der Waals surface area (Å²) in [7, 11) is 1.57. The van der Waals surface area contributed by atoms with Crippen LogP contribution in [0.1, 0.15) is 56.2 Å². The number of benzene rings is 2. The van der Waals surface area contributed by atoms with Gasteiger partial charge in [0, 0.05) is 31.4 Å². The highest BCUT2D eigenvalue weighted by atomic mass is 19.4. The van der Waals surface area contributed by atoms with E-state index in [1.165, 1.54) is 12.1 Å². The molecule has 0 bridgehead atoms. The van der Waals surface area contributed by atoms with Crippen LogP contribution in [0.2, 0.25) is 0 Å². The van der Waals surface area contributed by atoms with Crippen molar-refractivity contribution in [2.24, 2.45) is 0 Å². The van der Waals surface area contributed by atoms with Crippen LogP contribution >= 0.6 is 0 Å². The van der Waals surface area contributed by atoms with Crippen LogP contribution in [0.15, 0.2) is 157 Å². The van der Waals surface area contributed by atoms with Crippen LogP contribution in [-0.4, -0.2) is 51.7 Å². The van der Waals surface area contributed by atoms with Gasteiger partial charge in [0.2, 0.25) is 0 Å². The second-order valence-electron chi connectivity index (χ2n) is 12.6. The van der Waals surface area contributed by atoms with Crippen LogP contribution in [0.3, 0.4) is 0 Å². The summed E-state index contributed by atoms with van der Waals surface area (Å²) >= 11 is 0. The number of carbonyl (C=O) groups is 3. The predicted molar refractivity (Wildman–Crippen MR) is 215 cm³/mol. The number of hydrogen-bond acceptors (Lipinski definition) is 6. The number of nitrogens with one attached hydrogen (secondary N) is 1. The normalized spacial score (nSPS) is 15.4. The summed E-state index contributed by atoms with van der Waals surface area (Å²) in [5, 5.41) is 3.00. The van der Waals surface area contributed by atoms with E-state index in [0.29, 0.717) is 54.9 Å². The SMILES string of the molecule is C=C/C=C\C=C/CC1=C(NC(=O)C2=C(c3ccc(C(F)(F)F)cc3)CC=CC=C2)C=CC(CC=O)=CC1.CCOCC(COC)(C(=O)OCC)c1ccccc1. The summed E-state index contributed by atoms with van der Waals surface area (Å²) in [6.07, 6.45) is 20.1. The molecular formula is C46H50F3NO6. The van der Waals surface area contributed by atoms with Gasteiger partial charge in [0.15, 0.2) is 0 Å². The Hall–Kier alpha value is -5.58. The lowest BCUT2D eigenvalue weighted by atomic mass is 9.82. The molecule has 0 heterocycles. The number of aldehydes is 1. The van der Waals surface area contributed by atoms with Gasteiger partial charge in [-0.2, -0.15) is 13.2 Å². The van der Waals surface area contributed by atoms with Gasteiger partial charge in [0.05, 0.1) is 25.4 Å². The molecule has 0 saturated heterocycles. The lowest BCUT2D eigenvalue weighted by Crippen LogP contribution is -2.45. The number of ether oxygens (including phenoxy) is 3. The lowest BCUT2D eigenvalue weighted by Gasteiger charge is -2.30. The Morgan fingerprint density at radius 1 is 0.857 bits per heavy atom. The molecule has 2 aliphatic carbocycles. The molecule has 0 aliphatic heterocycles. The number of carbonyl (C=O) groups excluding carboxylic acids is 3. The zero-order valence-electron chi connectivity index (χ0n) is 32.1. The highest BCUT2D eigenvalue weighted by molar-refractivity contribution is 6.05. The first-order valence-electron chi connectivity index (χ1n) is 18.4. The van der Waals surface area contributed by atoms with Crippen molar-refractivity contribution in [1.29, 1.82) is 0 Å². The summed E-state index contributed by atoms with van der Waals surface area (Å²) < 4.78 is 55.1. The van der Waals surface area contributed by atoms with Gasteiger partial charge in [0.1, 0.15) is 11.7 Å². The number of methoxy groups -OCH3 is 1. The van der Waals surface area contributed by atoms with Crippen LogP contribution in [0.25, 0.3) is 5.57 Å². The second kappa shape index (κ2) is 23.4. The van der Waals surface area contributed by atoms with Crippen molar-refractivity contribution in [3.63, 3.8) is 0 Å². The van der Waals surface area contributed by atoms with E-state index >= 15 is 0 Å². The average molecular weight is 770 g/mol. The highest BCUT2D eigenvalue weighted by Crippen LogP contribution is 2.33. The molecule has 10 heteroatoms. The lowest BCUT2D eigenvalue weighted by molar-refractivity contribution is -0.155. The zero-order chi connectivity index (χ0) is 40.8. The minimum Gasteiger partial charge on any atom is -0.465 e. The first kappa shape index (κ1) is 44.8. The van der Waals surface area contributed by atoms with Gasteiger partial charge in [-0.1, -0.05) is 110 Å². The van der Waals surface area contributed by atoms with Crippen LogP contribution in [0.5, 0.6) is 0 Å². The van der Waals surface area contributed by atoms with Gasteiger partial charge in [-0.15, -0.1) is 0 Å². The first-order valence-corrected chi connectivity index (χ1v) is 18.4.